The molecule has 31 heavy (non-hydrogen) atoms. The Kier molecular flexibility index (Phi) is 5.75. The number of guanidine groups is 1. The summed E-state index contributed by atoms with van der Waals surface area (Å²) in [5.74, 6) is 1.93. The number of rotatable bonds is 4. The number of likely N-dealkylation sites (N-methyl/N-ethyl adjacent to an activating group) is 1. The van der Waals surface area contributed by atoms with E-state index in [9.17, 15) is 9.59 Å². The normalized spacial score (nSPS) is 30.6. The molecule has 0 aromatic heterocycles. The summed E-state index contributed by atoms with van der Waals surface area (Å²) in [6, 6.07) is -0.174. The number of carbonyl (C=O) groups is 2. The van der Waals surface area contributed by atoms with Gasteiger partial charge in [-0.3, -0.25) is 19.5 Å². The molecule has 2 unspecified atom stereocenters. The van der Waals surface area contributed by atoms with Crippen molar-refractivity contribution in [3.63, 3.8) is 0 Å². The van der Waals surface area contributed by atoms with Crippen molar-refractivity contribution in [2.75, 3.05) is 46.3 Å². The van der Waals surface area contributed by atoms with Gasteiger partial charge in [0.1, 0.15) is 0 Å². The van der Waals surface area contributed by atoms with Crippen LogP contribution in [0.4, 0.5) is 4.79 Å². The van der Waals surface area contributed by atoms with E-state index in [-0.39, 0.29) is 11.9 Å². The van der Waals surface area contributed by atoms with Crippen LogP contribution in [0.25, 0.3) is 0 Å². The van der Waals surface area contributed by atoms with E-state index in [4.69, 9.17) is 4.99 Å². The van der Waals surface area contributed by atoms with Crippen LogP contribution in [-0.2, 0) is 4.79 Å². The number of amides is 3. The number of urea groups is 1. The number of fused-ring (bicyclic) bond motifs is 2. The van der Waals surface area contributed by atoms with Gasteiger partial charge in [-0.05, 0) is 38.8 Å². The average Bonchev–Trinajstić information content (AvgIpc) is 3.18. The molecule has 0 spiro atoms. The summed E-state index contributed by atoms with van der Waals surface area (Å²) in [5, 5.41) is 0. The molecule has 0 aromatic rings. The molecule has 5 rings (SSSR count). The van der Waals surface area contributed by atoms with Crippen molar-refractivity contribution in [3.05, 3.63) is 0 Å². The summed E-state index contributed by atoms with van der Waals surface area (Å²) in [5.41, 5.74) is 0. The number of imide groups is 1. The Morgan fingerprint density at radius 3 is 2.45 bits per heavy atom. The lowest BCUT2D eigenvalue weighted by Crippen LogP contribution is -2.64. The van der Waals surface area contributed by atoms with Crippen molar-refractivity contribution in [2.45, 2.75) is 70.4 Å². The minimum atomic E-state index is -0.451. The molecule has 0 bridgehead atoms. The van der Waals surface area contributed by atoms with E-state index in [2.05, 4.69) is 21.3 Å². The summed E-state index contributed by atoms with van der Waals surface area (Å²) in [7, 11) is 1.78. The van der Waals surface area contributed by atoms with E-state index in [1.54, 1.807) is 11.9 Å². The quantitative estimate of drug-likeness (QED) is 0.640. The molecule has 3 amide bonds. The van der Waals surface area contributed by atoms with E-state index < -0.39 is 6.04 Å². The molecular weight excluding hydrogens is 392 g/mol. The average molecular weight is 430 g/mol. The molecule has 2 saturated heterocycles. The summed E-state index contributed by atoms with van der Waals surface area (Å²) < 4.78 is 2.19. The zero-order valence-electron chi connectivity index (χ0n) is 19.1. The minimum absolute atomic E-state index is 0.0912. The number of hydrogen-bond acceptors (Lipinski definition) is 5. The van der Waals surface area contributed by atoms with Crippen LogP contribution in [0.2, 0.25) is 0 Å². The van der Waals surface area contributed by atoms with Gasteiger partial charge in [-0.2, -0.15) is 0 Å². The van der Waals surface area contributed by atoms with Crippen LogP contribution < -0.4 is 0 Å². The first-order valence-corrected chi connectivity index (χ1v) is 12.3. The zero-order chi connectivity index (χ0) is 21.5. The van der Waals surface area contributed by atoms with Crippen LogP contribution in [0, 0.1) is 5.92 Å². The summed E-state index contributed by atoms with van der Waals surface area (Å²) in [6.45, 7) is 7.46. The maximum Gasteiger partial charge on any atom is 0.392 e. The van der Waals surface area contributed by atoms with Crippen molar-refractivity contribution >= 4 is 23.7 Å². The Morgan fingerprint density at radius 2 is 1.71 bits per heavy atom. The highest BCUT2D eigenvalue weighted by atomic mass is 16.2. The first kappa shape index (κ1) is 20.9. The number of likely N-dealkylation sites (tertiary alicyclic amines) is 1. The summed E-state index contributed by atoms with van der Waals surface area (Å²) >= 11 is 0. The predicted octanol–water partition coefficient (Wildman–Crippen LogP) is 1.80. The number of amidine groups is 1. The Morgan fingerprint density at radius 1 is 1.00 bits per heavy atom. The molecule has 0 radical (unpaired) electrons. The van der Waals surface area contributed by atoms with Gasteiger partial charge in [0, 0.05) is 26.1 Å². The van der Waals surface area contributed by atoms with Crippen LogP contribution in [0.3, 0.4) is 0 Å². The lowest BCUT2D eigenvalue weighted by molar-refractivity contribution is -0.552. The fourth-order valence-electron chi connectivity index (χ4n) is 6.07. The predicted molar refractivity (Wildman–Crippen MR) is 119 cm³/mol. The molecule has 5 aliphatic rings. The molecule has 4 aliphatic heterocycles. The third-order valence-corrected chi connectivity index (χ3v) is 7.77. The smallest absolute Gasteiger partial charge is 0.302 e. The maximum absolute atomic E-state index is 13.6. The van der Waals surface area contributed by atoms with Gasteiger partial charge in [0.15, 0.2) is 0 Å². The second kappa shape index (κ2) is 8.52. The van der Waals surface area contributed by atoms with Crippen molar-refractivity contribution in [2.24, 2.45) is 10.9 Å². The Hall–Kier alpha value is -1.96. The second-order valence-corrected chi connectivity index (χ2v) is 10.1. The van der Waals surface area contributed by atoms with Crippen molar-refractivity contribution in [3.8, 4) is 0 Å². The van der Waals surface area contributed by atoms with Crippen LogP contribution in [0.15, 0.2) is 4.99 Å². The lowest BCUT2D eigenvalue weighted by Gasteiger charge is -2.38. The topological polar surface area (TPSA) is 62.5 Å². The first-order valence-electron chi connectivity index (χ1n) is 12.3. The number of piperidine rings is 1. The fourth-order valence-corrected chi connectivity index (χ4v) is 6.07. The third-order valence-electron chi connectivity index (χ3n) is 7.77. The zero-order valence-corrected chi connectivity index (χ0v) is 19.1. The largest absolute Gasteiger partial charge is 0.392 e. The molecule has 1 saturated carbocycles. The van der Waals surface area contributed by atoms with Crippen molar-refractivity contribution < 1.29 is 14.2 Å². The number of hydrogen-bond donors (Lipinski definition) is 0. The molecule has 1 aliphatic carbocycles. The van der Waals surface area contributed by atoms with Gasteiger partial charge < -0.3 is 4.90 Å². The number of nitrogens with zero attached hydrogens (tertiary/aromatic N) is 6. The molecule has 8 nitrogen and oxygen atoms in total. The Balaban J connectivity index is 1.39. The third kappa shape index (κ3) is 3.77. The van der Waals surface area contributed by atoms with Gasteiger partial charge >= 0.3 is 12.0 Å². The number of carbonyl (C=O) groups excluding carboxylic acids is 2. The molecule has 8 heteroatoms. The molecule has 4 heterocycles. The molecule has 2 atom stereocenters. The lowest BCUT2D eigenvalue weighted by atomic mass is 9.93. The van der Waals surface area contributed by atoms with Crippen LogP contribution in [-0.4, -0.2) is 106 Å². The van der Waals surface area contributed by atoms with Gasteiger partial charge in [0.25, 0.3) is 5.91 Å². The van der Waals surface area contributed by atoms with Gasteiger partial charge in [-0.25, -0.2) is 9.37 Å². The molecule has 0 N–H and O–H groups in total. The summed E-state index contributed by atoms with van der Waals surface area (Å²) in [6.07, 6.45) is 9.96. The standard InChI is InChI=1S/C23H37N6O2/c1-17-15-28(18-9-5-3-6-10-18)22-24-20-19(29(22)16-17)21(30)27(23(31)25(20)2)14-13-26-11-7-4-8-12-26/h17-19H,3-16H2,1-2H3/q+1. The Labute approximate surface area is 185 Å². The highest BCUT2D eigenvalue weighted by molar-refractivity contribution is 6.22. The monoisotopic (exact) mass is 429 g/mol. The minimum Gasteiger partial charge on any atom is -0.302 e. The molecule has 3 fully saturated rings. The van der Waals surface area contributed by atoms with Gasteiger partial charge in [0.05, 0.1) is 19.1 Å². The Bertz CT molecular complexity index is 796. The van der Waals surface area contributed by atoms with E-state index in [0.717, 1.165) is 38.7 Å². The first-order chi connectivity index (χ1) is 15.0. The van der Waals surface area contributed by atoms with Gasteiger partial charge in [0.2, 0.25) is 11.9 Å². The molecular formula is C23H37N6O2+. The molecule has 0 aromatic carbocycles. The van der Waals surface area contributed by atoms with Crippen LogP contribution in [0.1, 0.15) is 58.3 Å². The van der Waals surface area contributed by atoms with E-state index in [1.165, 1.54) is 56.3 Å². The van der Waals surface area contributed by atoms with Crippen molar-refractivity contribution in [1.29, 1.82) is 0 Å². The second-order valence-electron chi connectivity index (χ2n) is 10.1. The van der Waals surface area contributed by atoms with Crippen LogP contribution >= 0.6 is 0 Å². The fraction of sp³-hybridized carbons (Fsp3) is 0.826. The number of aliphatic imine (C=N–C) groups is 1. The SMILES string of the molecule is CC1CN(C2CCCCC2)C2=[N+](C1)C1C(=O)N(CCN3CCCCC3)C(=O)N(C)C1=N2. The highest BCUT2D eigenvalue weighted by Gasteiger charge is 2.55. The van der Waals surface area contributed by atoms with E-state index >= 15 is 0 Å². The van der Waals surface area contributed by atoms with E-state index in [0.29, 0.717) is 24.3 Å². The maximum atomic E-state index is 13.6. The van der Waals surface area contributed by atoms with Gasteiger partial charge in [-0.1, -0.05) is 37.6 Å². The summed E-state index contributed by atoms with van der Waals surface area (Å²) in [4.78, 5) is 39.5. The van der Waals surface area contributed by atoms with Crippen molar-refractivity contribution in [1.82, 2.24) is 19.6 Å². The van der Waals surface area contributed by atoms with Crippen LogP contribution in [0.5, 0.6) is 0 Å². The van der Waals surface area contributed by atoms with Gasteiger partial charge in [-0.15, -0.1) is 0 Å². The van der Waals surface area contributed by atoms with E-state index in [1.807, 2.05) is 0 Å². The molecule has 170 valence electrons. The highest BCUT2D eigenvalue weighted by Crippen LogP contribution is 2.30.